The van der Waals surface area contributed by atoms with Crippen molar-refractivity contribution in [3.8, 4) is 28.5 Å². The lowest BCUT2D eigenvalue weighted by Crippen LogP contribution is -2.09. The molecule has 5 aromatic carbocycles. The van der Waals surface area contributed by atoms with Gasteiger partial charge in [0.2, 0.25) is 0 Å². The number of halogens is 2. The molecular formula is C33H23Cl2N5O. The number of pyridine rings is 1. The van der Waals surface area contributed by atoms with Crippen LogP contribution in [0.25, 0.3) is 65.5 Å². The summed E-state index contributed by atoms with van der Waals surface area (Å²) in [5, 5.41) is 22.9. The molecule has 0 saturated heterocycles. The molecule has 0 spiro atoms. The molecule has 0 radical (unpaired) electrons. The summed E-state index contributed by atoms with van der Waals surface area (Å²) in [5.41, 5.74) is 10.3. The number of nitrogens with zero attached hydrogens (tertiary/aromatic N) is 3. The number of nitriles is 1. The predicted octanol–water partition coefficient (Wildman–Crippen LogP) is 7.46. The summed E-state index contributed by atoms with van der Waals surface area (Å²) in [4.78, 5) is 15.2. The summed E-state index contributed by atoms with van der Waals surface area (Å²) in [6.07, 6.45) is 3.43. The number of H-pyrrole nitrogens is 1. The van der Waals surface area contributed by atoms with Gasteiger partial charge in [-0.05, 0) is 80.5 Å². The Bertz CT molecular complexity index is 2280. The highest BCUT2D eigenvalue weighted by atomic mass is 35.5. The van der Waals surface area contributed by atoms with Gasteiger partial charge >= 0.3 is 0 Å². The molecule has 6 nitrogen and oxygen atoms in total. The number of nitrogens with two attached hydrogens (primary N) is 1. The van der Waals surface area contributed by atoms with Gasteiger partial charge in [-0.1, -0.05) is 41.9 Å². The van der Waals surface area contributed by atoms with Crippen molar-refractivity contribution in [2.75, 3.05) is 0 Å². The van der Waals surface area contributed by atoms with Gasteiger partial charge in [0.25, 0.3) is 5.56 Å². The third-order valence-corrected chi connectivity index (χ3v) is 8.05. The lowest BCUT2D eigenvalue weighted by atomic mass is 9.91. The third kappa shape index (κ3) is 4.14. The van der Waals surface area contributed by atoms with Crippen LogP contribution in [0.2, 0.25) is 5.02 Å². The van der Waals surface area contributed by atoms with Gasteiger partial charge in [0.15, 0.2) is 0 Å². The number of benzene rings is 5. The van der Waals surface area contributed by atoms with Crippen molar-refractivity contribution in [3.63, 3.8) is 0 Å². The van der Waals surface area contributed by atoms with E-state index in [-0.39, 0.29) is 18.0 Å². The minimum atomic E-state index is -0.168. The van der Waals surface area contributed by atoms with Crippen LogP contribution >= 0.6 is 24.0 Å². The van der Waals surface area contributed by atoms with Crippen molar-refractivity contribution in [1.29, 1.82) is 5.26 Å². The van der Waals surface area contributed by atoms with Gasteiger partial charge in [-0.3, -0.25) is 9.48 Å². The van der Waals surface area contributed by atoms with E-state index in [1.807, 2.05) is 37.4 Å². The van der Waals surface area contributed by atoms with Crippen molar-refractivity contribution >= 4 is 67.1 Å². The van der Waals surface area contributed by atoms with Crippen molar-refractivity contribution in [3.05, 3.63) is 112 Å². The third-order valence-electron chi connectivity index (χ3n) is 7.73. The number of fused-ring (bicyclic) bond motifs is 4. The second-order valence-electron chi connectivity index (χ2n) is 9.98. The van der Waals surface area contributed by atoms with Gasteiger partial charge in [0.1, 0.15) is 6.07 Å². The first kappa shape index (κ1) is 26.5. The molecule has 0 amide bonds. The van der Waals surface area contributed by atoms with Gasteiger partial charge in [-0.2, -0.15) is 10.4 Å². The highest BCUT2D eigenvalue weighted by molar-refractivity contribution is 6.37. The smallest absolute Gasteiger partial charge is 0.255 e. The van der Waals surface area contributed by atoms with E-state index in [9.17, 15) is 10.1 Å². The fourth-order valence-corrected chi connectivity index (χ4v) is 6.01. The van der Waals surface area contributed by atoms with Crippen LogP contribution in [0.4, 0.5) is 0 Å². The van der Waals surface area contributed by atoms with E-state index in [4.69, 9.17) is 17.3 Å². The Kier molecular flexibility index (Phi) is 6.51. The van der Waals surface area contributed by atoms with Crippen LogP contribution in [0.5, 0.6) is 0 Å². The molecule has 0 unspecified atom stereocenters. The Morgan fingerprint density at radius 2 is 1.61 bits per heavy atom. The number of aromatic nitrogens is 3. The lowest BCUT2D eigenvalue weighted by molar-refractivity contribution is 0.776. The molecule has 0 bridgehead atoms. The van der Waals surface area contributed by atoms with Crippen LogP contribution in [0, 0.1) is 11.3 Å². The maximum atomic E-state index is 12.4. The molecule has 2 aromatic heterocycles. The number of aryl methyl sites for hydroxylation is 1. The normalized spacial score (nSPS) is 11.3. The van der Waals surface area contributed by atoms with Crippen molar-refractivity contribution in [2.24, 2.45) is 12.8 Å². The van der Waals surface area contributed by atoms with E-state index >= 15 is 0 Å². The highest BCUT2D eigenvalue weighted by Crippen LogP contribution is 2.41. The van der Waals surface area contributed by atoms with Gasteiger partial charge in [-0.15, -0.1) is 12.4 Å². The molecule has 0 atom stereocenters. The molecule has 7 aromatic rings. The molecule has 3 N–H and O–H groups in total. The summed E-state index contributed by atoms with van der Waals surface area (Å²) in [6, 6.07) is 26.6. The quantitative estimate of drug-likeness (QED) is 0.213. The number of nitrogens with one attached hydrogen (secondary N) is 1. The van der Waals surface area contributed by atoms with E-state index in [2.05, 4.69) is 52.6 Å². The second-order valence-corrected chi connectivity index (χ2v) is 10.4. The Labute approximate surface area is 246 Å². The molecule has 41 heavy (non-hydrogen) atoms. The molecule has 0 aliphatic rings. The van der Waals surface area contributed by atoms with E-state index in [1.165, 1.54) is 0 Å². The topological polar surface area (TPSA) is 100 Å². The van der Waals surface area contributed by atoms with Crippen LogP contribution in [-0.4, -0.2) is 14.8 Å². The zero-order chi connectivity index (χ0) is 27.5. The maximum absolute atomic E-state index is 12.4. The first-order chi connectivity index (χ1) is 19.5. The fourth-order valence-electron chi connectivity index (χ4n) is 5.75. The van der Waals surface area contributed by atoms with Crippen molar-refractivity contribution in [1.82, 2.24) is 14.8 Å². The molecule has 0 aliphatic carbocycles. The van der Waals surface area contributed by atoms with Crippen LogP contribution in [0.1, 0.15) is 11.1 Å². The van der Waals surface area contributed by atoms with Gasteiger partial charge < -0.3 is 10.7 Å². The SMILES string of the molecule is Cl.Cn1ncc(-c2ccc3c(=O)[nH]cc(CN)c3c2)c1-c1cc(Cl)c2cc3cc4ccccc4cc3cc2c1C#N. The van der Waals surface area contributed by atoms with Gasteiger partial charge in [0, 0.05) is 52.1 Å². The predicted molar refractivity (Wildman–Crippen MR) is 170 cm³/mol. The average molecular weight is 576 g/mol. The first-order valence-corrected chi connectivity index (χ1v) is 13.2. The Morgan fingerprint density at radius 3 is 2.29 bits per heavy atom. The van der Waals surface area contributed by atoms with Gasteiger partial charge in [-0.25, -0.2) is 0 Å². The highest BCUT2D eigenvalue weighted by Gasteiger charge is 2.21. The largest absolute Gasteiger partial charge is 0.328 e. The summed E-state index contributed by atoms with van der Waals surface area (Å²) in [7, 11) is 1.85. The second kappa shape index (κ2) is 10.1. The lowest BCUT2D eigenvalue weighted by Gasteiger charge is -2.14. The summed E-state index contributed by atoms with van der Waals surface area (Å²) in [6.45, 7) is 0.290. The molecule has 0 fully saturated rings. The van der Waals surface area contributed by atoms with E-state index in [0.717, 1.165) is 60.1 Å². The van der Waals surface area contributed by atoms with E-state index in [0.29, 0.717) is 28.1 Å². The van der Waals surface area contributed by atoms with Crippen molar-refractivity contribution in [2.45, 2.75) is 6.54 Å². The average Bonchev–Trinajstić information content (AvgIpc) is 3.36. The molecule has 0 saturated carbocycles. The number of aromatic amines is 1. The summed E-state index contributed by atoms with van der Waals surface area (Å²) >= 11 is 6.92. The maximum Gasteiger partial charge on any atom is 0.255 e. The Hall–Kier alpha value is -4.67. The van der Waals surface area contributed by atoms with Gasteiger partial charge in [0.05, 0.1) is 17.5 Å². The molecule has 200 valence electrons. The zero-order valence-electron chi connectivity index (χ0n) is 21.9. The standard InChI is InChI=1S/C33H22ClN5O.ClH/c1-39-32(30(17-38-39)20-6-7-24-25(10-20)23(14-35)16-37-33(24)40)28-13-31(34)27-12-22-9-19-5-3-2-4-18(19)8-21(22)11-26(27)29(28)15-36;/h2-13,16-17H,14,35H2,1H3,(H,37,40);1H. The van der Waals surface area contributed by atoms with E-state index in [1.54, 1.807) is 23.1 Å². The monoisotopic (exact) mass is 575 g/mol. The molecular weight excluding hydrogens is 553 g/mol. The number of hydrogen-bond donors (Lipinski definition) is 2. The number of rotatable bonds is 3. The van der Waals surface area contributed by atoms with E-state index < -0.39 is 0 Å². The molecule has 0 aliphatic heterocycles. The van der Waals surface area contributed by atoms with Crippen LogP contribution < -0.4 is 11.3 Å². The fraction of sp³-hybridized carbons (Fsp3) is 0.0606. The summed E-state index contributed by atoms with van der Waals surface area (Å²) < 4.78 is 1.76. The first-order valence-electron chi connectivity index (χ1n) is 12.8. The minimum absolute atomic E-state index is 0. The minimum Gasteiger partial charge on any atom is -0.328 e. The number of hydrogen-bond acceptors (Lipinski definition) is 4. The summed E-state index contributed by atoms with van der Waals surface area (Å²) in [5.74, 6) is 0. The Morgan fingerprint density at radius 1 is 0.902 bits per heavy atom. The Balaban J connectivity index is 0.00000302. The molecule has 7 rings (SSSR count). The zero-order valence-corrected chi connectivity index (χ0v) is 23.5. The molecule has 2 heterocycles. The molecule has 8 heteroatoms. The van der Waals surface area contributed by atoms with Crippen molar-refractivity contribution < 1.29 is 0 Å². The van der Waals surface area contributed by atoms with Crippen LogP contribution in [-0.2, 0) is 13.6 Å². The van der Waals surface area contributed by atoms with Crippen LogP contribution in [0.15, 0.2) is 90.0 Å². The van der Waals surface area contributed by atoms with Crippen LogP contribution in [0.3, 0.4) is 0 Å².